The number of nitrogens with one attached hydrogen (secondary N) is 1. The molecule has 1 aliphatic heterocycles. The van der Waals surface area contributed by atoms with Crippen LogP contribution in [0.2, 0.25) is 0 Å². The first-order valence-electron chi connectivity index (χ1n) is 8.07. The van der Waals surface area contributed by atoms with Crippen LogP contribution < -0.4 is 5.32 Å². The lowest BCUT2D eigenvalue weighted by molar-refractivity contribution is -0.129. The lowest BCUT2D eigenvalue weighted by Crippen LogP contribution is -2.36. The number of nitrogens with zero attached hydrogens (tertiary/aromatic N) is 1. The smallest absolute Gasteiger partial charge is 0.417 e. The Bertz CT molecular complexity index is 688. The first-order valence-corrected chi connectivity index (χ1v) is 8.07. The van der Waals surface area contributed by atoms with Crippen molar-refractivity contribution < 1.29 is 14.3 Å². The van der Waals surface area contributed by atoms with Gasteiger partial charge in [-0.3, -0.25) is 4.79 Å². The molecular weight excluding hydrogens is 304 g/mol. The number of hydrogen-bond acceptors (Lipinski definition) is 4. The summed E-state index contributed by atoms with van der Waals surface area (Å²) in [5.41, 5.74) is 1.96. The van der Waals surface area contributed by atoms with Crippen LogP contribution in [0.4, 0.5) is 4.79 Å². The maximum Gasteiger partial charge on any atom is 0.417 e. The first-order chi connectivity index (χ1) is 11.8. The number of benzene rings is 2. The molecule has 0 saturated carbocycles. The zero-order chi connectivity index (χ0) is 16.8. The Hall–Kier alpha value is -2.66. The topological polar surface area (TPSA) is 58.6 Å². The highest BCUT2D eigenvalue weighted by molar-refractivity contribution is 6.00. The van der Waals surface area contributed by atoms with E-state index in [1.807, 2.05) is 36.4 Å². The molecule has 1 aliphatic rings. The van der Waals surface area contributed by atoms with E-state index < -0.39 is 12.2 Å². The molecule has 24 heavy (non-hydrogen) atoms. The van der Waals surface area contributed by atoms with Crippen molar-refractivity contribution in [1.29, 1.82) is 0 Å². The summed E-state index contributed by atoms with van der Waals surface area (Å²) in [6.45, 7) is 1.66. The Balaban J connectivity index is 1.45. The van der Waals surface area contributed by atoms with E-state index in [1.165, 1.54) is 10.5 Å². The summed E-state index contributed by atoms with van der Waals surface area (Å²) in [5, 5.41) is 3.25. The highest BCUT2D eigenvalue weighted by Gasteiger charge is 2.40. The van der Waals surface area contributed by atoms with Crippen molar-refractivity contribution in [3.05, 3.63) is 71.8 Å². The summed E-state index contributed by atoms with van der Waals surface area (Å²) in [5.74, 6) is -0.295. The minimum atomic E-state index is -0.817. The molecule has 1 saturated heterocycles. The molecule has 0 aliphatic carbocycles. The van der Waals surface area contributed by atoms with E-state index in [9.17, 15) is 9.59 Å². The normalized spacial score (nSPS) is 17.2. The molecule has 5 heteroatoms. The van der Waals surface area contributed by atoms with Gasteiger partial charge in [-0.05, 0) is 18.5 Å². The van der Waals surface area contributed by atoms with Gasteiger partial charge < -0.3 is 10.1 Å². The number of carbonyl (C=O) groups is 2. The molecule has 0 radical (unpaired) electrons. The third-order valence-electron chi connectivity index (χ3n) is 3.98. The molecule has 124 valence electrons. The summed E-state index contributed by atoms with van der Waals surface area (Å²) < 4.78 is 5.21. The van der Waals surface area contributed by atoms with E-state index in [-0.39, 0.29) is 5.91 Å². The van der Waals surface area contributed by atoms with Crippen molar-refractivity contribution in [2.75, 3.05) is 19.6 Å². The van der Waals surface area contributed by atoms with Crippen molar-refractivity contribution in [3.8, 4) is 0 Å². The van der Waals surface area contributed by atoms with Gasteiger partial charge in [-0.25, -0.2) is 9.69 Å². The van der Waals surface area contributed by atoms with E-state index in [0.29, 0.717) is 18.7 Å². The zero-order valence-corrected chi connectivity index (χ0v) is 13.4. The fourth-order valence-electron chi connectivity index (χ4n) is 2.68. The molecule has 1 atom stereocenters. The van der Waals surface area contributed by atoms with Crippen LogP contribution in [0.25, 0.3) is 0 Å². The van der Waals surface area contributed by atoms with Gasteiger partial charge in [0.1, 0.15) is 0 Å². The second kappa shape index (κ2) is 7.75. The summed E-state index contributed by atoms with van der Waals surface area (Å²) >= 11 is 0. The fraction of sp³-hybridized carbons (Fsp3) is 0.263. The van der Waals surface area contributed by atoms with Crippen molar-refractivity contribution >= 4 is 12.0 Å². The molecule has 1 unspecified atom stereocenters. The summed E-state index contributed by atoms with van der Waals surface area (Å²) in [7, 11) is 0. The van der Waals surface area contributed by atoms with Crippen LogP contribution in [-0.4, -0.2) is 36.5 Å². The zero-order valence-electron chi connectivity index (χ0n) is 13.4. The van der Waals surface area contributed by atoms with Gasteiger partial charge >= 0.3 is 6.09 Å². The average molecular weight is 324 g/mol. The average Bonchev–Trinajstić information content (AvgIpc) is 2.91. The van der Waals surface area contributed by atoms with Gasteiger partial charge in [0, 0.05) is 18.7 Å². The molecule has 1 heterocycles. The molecule has 2 aromatic carbocycles. The molecule has 2 amide bonds. The molecule has 0 spiro atoms. The summed E-state index contributed by atoms with van der Waals surface area (Å²) in [6.07, 6.45) is -0.479. The second-order valence-corrected chi connectivity index (χ2v) is 5.65. The Labute approximate surface area is 141 Å². The van der Waals surface area contributed by atoms with Crippen LogP contribution in [0.1, 0.15) is 17.2 Å². The Morgan fingerprint density at radius 3 is 2.29 bits per heavy atom. The number of cyclic esters (lactones) is 1. The highest BCUT2D eigenvalue weighted by Crippen LogP contribution is 2.26. The summed E-state index contributed by atoms with van der Waals surface area (Å²) in [6, 6.07) is 19.3. The predicted molar refractivity (Wildman–Crippen MR) is 90.4 cm³/mol. The minimum Gasteiger partial charge on any atom is -0.431 e. The molecule has 1 fully saturated rings. The largest absolute Gasteiger partial charge is 0.431 e. The quantitative estimate of drug-likeness (QED) is 0.795. The van der Waals surface area contributed by atoms with Gasteiger partial charge in [0.05, 0.1) is 0 Å². The van der Waals surface area contributed by atoms with Crippen LogP contribution in [0.3, 0.4) is 0 Å². The van der Waals surface area contributed by atoms with Gasteiger partial charge in [0.25, 0.3) is 5.91 Å². The standard InChI is InChI=1S/C19H20N2O3/c22-18-17(16-9-5-2-6-10-16)24-19(23)21(18)14-13-20-12-11-15-7-3-1-4-8-15/h1-10,17,20H,11-14H2. The van der Waals surface area contributed by atoms with Crippen LogP contribution >= 0.6 is 0 Å². The van der Waals surface area contributed by atoms with Crippen LogP contribution in [0.5, 0.6) is 0 Å². The molecule has 3 rings (SSSR count). The predicted octanol–water partition coefficient (Wildman–Crippen LogP) is 2.54. The van der Waals surface area contributed by atoms with Gasteiger partial charge in [-0.2, -0.15) is 0 Å². The van der Waals surface area contributed by atoms with E-state index in [0.717, 1.165) is 13.0 Å². The third-order valence-corrected chi connectivity index (χ3v) is 3.98. The number of carbonyl (C=O) groups excluding carboxylic acids is 2. The van der Waals surface area contributed by atoms with Crippen molar-refractivity contribution in [2.24, 2.45) is 0 Å². The van der Waals surface area contributed by atoms with E-state index in [4.69, 9.17) is 4.74 Å². The number of amides is 2. The molecule has 0 aromatic heterocycles. The molecule has 2 aromatic rings. The Morgan fingerprint density at radius 2 is 1.58 bits per heavy atom. The SMILES string of the molecule is O=C1OC(c2ccccc2)C(=O)N1CCNCCc1ccccc1. The number of ether oxygens (including phenoxy) is 1. The van der Waals surface area contributed by atoms with Crippen LogP contribution in [0, 0.1) is 0 Å². The van der Waals surface area contributed by atoms with Crippen molar-refractivity contribution in [2.45, 2.75) is 12.5 Å². The lowest BCUT2D eigenvalue weighted by atomic mass is 10.1. The highest BCUT2D eigenvalue weighted by atomic mass is 16.6. The second-order valence-electron chi connectivity index (χ2n) is 5.65. The van der Waals surface area contributed by atoms with Gasteiger partial charge in [0.2, 0.25) is 6.10 Å². The Morgan fingerprint density at radius 1 is 0.917 bits per heavy atom. The van der Waals surface area contributed by atoms with Crippen molar-refractivity contribution in [1.82, 2.24) is 10.2 Å². The van der Waals surface area contributed by atoms with Crippen LogP contribution in [-0.2, 0) is 16.0 Å². The number of hydrogen-bond donors (Lipinski definition) is 1. The van der Waals surface area contributed by atoms with Crippen molar-refractivity contribution in [3.63, 3.8) is 0 Å². The van der Waals surface area contributed by atoms with Gasteiger partial charge in [-0.15, -0.1) is 0 Å². The number of rotatable bonds is 7. The molecule has 1 N–H and O–H groups in total. The van der Waals surface area contributed by atoms with E-state index in [1.54, 1.807) is 12.1 Å². The maximum absolute atomic E-state index is 12.4. The number of imide groups is 1. The summed E-state index contributed by atoms with van der Waals surface area (Å²) in [4.78, 5) is 25.4. The van der Waals surface area contributed by atoms with Crippen LogP contribution in [0.15, 0.2) is 60.7 Å². The van der Waals surface area contributed by atoms with E-state index in [2.05, 4.69) is 17.4 Å². The first kappa shape index (κ1) is 16.2. The monoisotopic (exact) mass is 324 g/mol. The molecule has 0 bridgehead atoms. The van der Waals surface area contributed by atoms with Gasteiger partial charge in [0.15, 0.2) is 0 Å². The Kier molecular flexibility index (Phi) is 5.23. The maximum atomic E-state index is 12.4. The third kappa shape index (κ3) is 3.81. The van der Waals surface area contributed by atoms with Gasteiger partial charge in [-0.1, -0.05) is 60.7 Å². The molecule has 5 nitrogen and oxygen atoms in total. The molecular formula is C19H20N2O3. The lowest BCUT2D eigenvalue weighted by Gasteiger charge is -2.12. The minimum absolute atomic E-state index is 0.295. The van der Waals surface area contributed by atoms with E-state index >= 15 is 0 Å². The fourth-order valence-corrected chi connectivity index (χ4v) is 2.68.